The molecule has 2 aromatic rings. The summed E-state index contributed by atoms with van der Waals surface area (Å²) in [5, 5.41) is 3.86. The number of carbonyl (C=O) groups is 2. The number of aromatic nitrogens is 1. The van der Waals surface area contributed by atoms with E-state index in [-0.39, 0.29) is 12.5 Å². The molecule has 1 heterocycles. The van der Waals surface area contributed by atoms with Crippen molar-refractivity contribution in [1.82, 2.24) is 10.3 Å². The van der Waals surface area contributed by atoms with Crippen LogP contribution in [0.25, 0.3) is 10.9 Å². The van der Waals surface area contributed by atoms with Gasteiger partial charge in [-0.2, -0.15) is 0 Å². The third-order valence-corrected chi connectivity index (χ3v) is 2.49. The van der Waals surface area contributed by atoms with Crippen LogP contribution in [0.4, 0.5) is 0 Å². The van der Waals surface area contributed by atoms with E-state index in [1.807, 2.05) is 0 Å². The molecule has 0 bridgehead atoms. The van der Waals surface area contributed by atoms with Crippen LogP contribution in [0.15, 0.2) is 24.3 Å². The molecule has 0 atom stereocenters. The second-order valence-corrected chi connectivity index (χ2v) is 4.00. The van der Waals surface area contributed by atoms with E-state index in [0.29, 0.717) is 10.7 Å². The van der Waals surface area contributed by atoms with Crippen molar-refractivity contribution in [3.8, 4) is 0 Å². The van der Waals surface area contributed by atoms with E-state index in [2.05, 4.69) is 10.3 Å². The fraction of sp³-hybridized carbons (Fsp3) is 0.0909. The first kappa shape index (κ1) is 11.5. The van der Waals surface area contributed by atoms with Gasteiger partial charge in [0.2, 0.25) is 5.91 Å². The van der Waals surface area contributed by atoms with Crippen LogP contribution in [0.5, 0.6) is 0 Å². The van der Waals surface area contributed by atoms with Crippen molar-refractivity contribution < 1.29 is 9.59 Å². The summed E-state index contributed by atoms with van der Waals surface area (Å²) in [6, 6.07) is 6.95. The van der Waals surface area contributed by atoms with E-state index in [1.54, 1.807) is 24.3 Å². The molecule has 0 radical (unpaired) electrons. The molecule has 6 heteroatoms. The topological polar surface area (TPSA) is 88.0 Å². The summed E-state index contributed by atoms with van der Waals surface area (Å²) in [6.45, 7) is -0.186. The number of amides is 2. The quantitative estimate of drug-likeness (QED) is 0.761. The Bertz CT molecular complexity index is 591. The monoisotopic (exact) mass is 251 g/mol. The van der Waals surface area contributed by atoms with Gasteiger partial charge in [-0.3, -0.25) is 9.59 Å². The molecule has 88 valence electrons. The Kier molecular flexibility index (Phi) is 3.01. The van der Waals surface area contributed by atoms with Crippen molar-refractivity contribution in [2.75, 3.05) is 6.54 Å². The number of hydrogen-bond donors (Lipinski definition) is 3. The summed E-state index contributed by atoms with van der Waals surface area (Å²) in [7, 11) is 0. The molecule has 4 N–H and O–H groups in total. The fourth-order valence-electron chi connectivity index (χ4n) is 1.48. The number of primary amides is 1. The van der Waals surface area contributed by atoms with Crippen LogP contribution < -0.4 is 11.1 Å². The maximum atomic E-state index is 11.6. The molecule has 0 aliphatic heterocycles. The average molecular weight is 252 g/mol. The van der Waals surface area contributed by atoms with Crippen molar-refractivity contribution in [2.45, 2.75) is 0 Å². The van der Waals surface area contributed by atoms with Crippen molar-refractivity contribution in [3.05, 3.63) is 35.0 Å². The van der Waals surface area contributed by atoms with Gasteiger partial charge in [-0.25, -0.2) is 0 Å². The zero-order valence-corrected chi connectivity index (χ0v) is 9.54. The van der Waals surface area contributed by atoms with Gasteiger partial charge in [-0.1, -0.05) is 17.7 Å². The van der Waals surface area contributed by atoms with E-state index >= 15 is 0 Å². The van der Waals surface area contributed by atoms with Gasteiger partial charge in [-0.05, 0) is 18.2 Å². The number of rotatable bonds is 3. The van der Waals surface area contributed by atoms with Gasteiger partial charge < -0.3 is 16.0 Å². The highest BCUT2D eigenvalue weighted by atomic mass is 35.5. The van der Waals surface area contributed by atoms with Crippen LogP contribution in [-0.2, 0) is 4.79 Å². The highest BCUT2D eigenvalue weighted by Gasteiger charge is 2.09. The Morgan fingerprint density at radius 3 is 2.82 bits per heavy atom. The summed E-state index contributed by atoms with van der Waals surface area (Å²) in [5.74, 6) is -0.964. The predicted octanol–water partition coefficient (Wildman–Crippen LogP) is 1.04. The van der Waals surface area contributed by atoms with Crippen molar-refractivity contribution in [3.63, 3.8) is 0 Å². The first-order valence-corrected chi connectivity index (χ1v) is 5.29. The smallest absolute Gasteiger partial charge is 0.268 e. The van der Waals surface area contributed by atoms with E-state index in [0.717, 1.165) is 10.9 Å². The maximum absolute atomic E-state index is 11.6. The zero-order valence-electron chi connectivity index (χ0n) is 8.79. The van der Waals surface area contributed by atoms with E-state index < -0.39 is 5.91 Å². The van der Waals surface area contributed by atoms with E-state index in [4.69, 9.17) is 17.3 Å². The molecule has 0 unspecified atom stereocenters. The average Bonchev–Trinajstić information content (AvgIpc) is 2.68. The lowest BCUT2D eigenvalue weighted by Crippen LogP contribution is -2.33. The standard InChI is InChI=1S/C11H10ClN3O2/c12-7-2-1-6-3-9(15-8(6)4-7)11(17)14-5-10(13)16/h1-4,15H,5H2,(H2,13,16)(H,14,17). The number of benzene rings is 1. The van der Waals surface area contributed by atoms with Gasteiger partial charge in [0.15, 0.2) is 0 Å². The molecule has 1 aromatic carbocycles. The number of fused-ring (bicyclic) bond motifs is 1. The second-order valence-electron chi connectivity index (χ2n) is 3.56. The van der Waals surface area contributed by atoms with Crippen molar-refractivity contribution >= 4 is 34.3 Å². The second kappa shape index (κ2) is 4.47. The zero-order chi connectivity index (χ0) is 12.4. The molecule has 0 spiro atoms. The molecule has 0 fully saturated rings. The summed E-state index contributed by atoms with van der Waals surface area (Å²) >= 11 is 5.83. The normalized spacial score (nSPS) is 10.4. The number of hydrogen-bond acceptors (Lipinski definition) is 2. The summed E-state index contributed by atoms with van der Waals surface area (Å²) < 4.78 is 0. The van der Waals surface area contributed by atoms with Gasteiger partial charge in [-0.15, -0.1) is 0 Å². The first-order chi connectivity index (χ1) is 8.06. The molecule has 0 aliphatic rings. The molecular weight excluding hydrogens is 242 g/mol. The highest BCUT2D eigenvalue weighted by molar-refractivity contribution is 6.31. The Morgan fingerprint density at radius 1 is 1.35 bits per heavy atom. The van der Waals surface area contributed by atoms with Crippen LogP contribution >= 0.6 is 11.6 Å². The van der Waals surface area contributed by atoms with Gasteiger partial charge in [0, 0.05) is 15.9 Å². The first-order valence-electron chi connectivity index (χ1n) is 4.91. The number of aromatic amines is 1. The van der Waals surface area contributed by atoms with Crippen LogP contribution in [0.2, 0.25) is 5.02 Å². The van der Waals surface area contributed by atoms with Crippen LogP contribution in [-0.4, -0.2) is 23.3 Å². The summed E-state index contributed by atoms with van der Waals surface area (Å²) in [5.41, 5.74) is 6.06. The lowest BCUT2D eigenvalue weighted by Gasteiger charge is -1.98. The Hall–Kier alpha value is -2.01. The minimum Gasteiger partial charge on any atom is -0.368 e. The third kappa shape index (κ3) is 2.57. The maximum Gasteiger partial charge on any atom is 0.268 e. The predicted molar refractivity (Wildman–Crippen MR) is 64.8 cm³/mol. The lowest BCUT2D eigenvalue weighted by atomic mass is 10.2. The van der Waals surface area contributed by atoms with Gasteiger partial charge in [0.05, 0.1) is 6.54 Å². The SMILES string of the molecule is NC(=O)CNC(=O)c1cc2ccc(Cl)cc2[nH]1. The van der Waals surface area contributed by atoms with Crippen LogP contribution in [0, 0.1) is 0 Å². The molecule has 1 aromatic heterocycles. The van der Waals surface area contributed by atoms with Gasteiger partial charge in [0.25, 0.3) is 5.91 Å². The van der Waals surface area contributed by atoms with Crippen molar-refractivity contribution in [2.24, 2.45) is 5.73 Å². The lowest BCUT2D eigenvalue weighted by molar-refractivity contribution is -0.117. The minimum atomic E-state index is -0.586. The van der Waals surface area contributed by atoms with Crippen molar-refractivity contribution in [1.29, 1.82) is 0 Å². The molecule has 0 aliphatic carbocycles. The number of nitrogens with one attached hydrogen (secondary N) is 2. The van der Waals surface area contributed by atoms with Gasteiger partial charge in [0.1, 0.15) is 5.69 Å². The molecule has 2 amide bonds. The number of halogens is 1. The Labute approximate surface area is 102 Å². The largest absolute Gasteiger partial charge is 0.368 e. The molecule has 0 saturated carbocycles. The summed E-state index contributed by atoms with van der Waals surface area (Å²) in [4.78, 5) is 25.1. The fourth-order valence-corrected chi connectivity index (χ4v) is 1.66. The number of nitrogens with two attached hydrogens (primary N) is 1. The number of carbonyl (C=O) groups excluding carboxylic acids is 2. The molecule has 5 nitrogen and oxygen atoms in total. The highest BCUT2D eigenvalue weighted by Crippen LogP contribution is 2.19. The Balaban J connectivity index is 2.24. The third-order valence-electron chi connectivity index (χ3n) is 2.25. The van der Waals surface area contributed by atoms with Crippen LogP contribution in [0.3, 0.4) is 0 Å². The number of H-pyrrole nitrogens is 1. The van der Waals surface area contributed by atoms with E-state index in [1.165, 1.54) is 0 Å². The van der Waals surface area contributed by atoms with E-state index in [9.17, 15) is 9.59 Å². The minimum absolute atomic E-state index is 0.186. The molecular formula is C11H10ClN3O2. The Morgan fingerprint density at radius 2 is 2.12 bits per heavy atom. The van der Waals surface area contributed by atoms with Gasteiger partial charge >= 0.3 is 0 Å². The molecule has 2 rings (SSSR count). The van der Waals surface area contributed by atoms with Crippen LogP contribution in [0.1, 0.15) is 10.5 Å². The molecule has 17 heavy (non-hydrogen) atoms. The summed E-state index contributed by atoms with van der Waals surface area (Å²) in [6.07, 6.45) is 0. The molecule has 0 saturated heterocycles.